The molecule has 1 aliphatic heterocycles. The van der Waals surface area contributed by atoms with Crippen LogP contribution < -0.4 is 5.73 Å². The highest BCUT2D eigenvalue weighted by atomic mass is 79.9. The first-order valence-electron chi connectivity index (χ1n) is 6.73. The van der Waals surface area contributed by atoms with E-state index in [2.05, 4.69) is 15.9 Å². The molecule has 1 aromatic carbocycles. The van der Waals surface area contributed by atoms with Crippen LogP contribution in [0.2, 0.25) is 0 Å². The van der Waals surface area contributed by atoms with Crippen LogP contribution in [0.4, 0.5) is 4.39 Å². The molecule has 21 heavy (non-hydrogen) atoms. The van der Waals surface area contributed by atoms with E-state index in [-0.39, 0.29) is 28.4 Å². The van der Waals surface area contributed by atoms with Gasteiger partial charge in [0.25, 0.3) is 5.91 Å². The first-order valence-corrected chi connectivity index (χ1v) is 7.52. The lowest BCUT2D eigenvalue weighted by Gasteiger charge is -2.21. The summed E-state index contributed by atoms with van der Waals surface area (Å²) in [6.07, 6.45) is 0.731. The van der Waals surface area contributed by atoms with E-state index in [0.29, 0.717) is 26.2 Å². The van der Waals surface area contributed by atoms with Crippen LogP contribution >= 0.6 is 15.9 Å². The summed E-state index contributed by atoms with van der Waals surface area (Å²) in [5, 5.41) is 0. The average Bonchev–Trinajstić information content (AvgIpc) is 2.66. The monoisotopic (exact) mass is 357 g/mol. The van der Waals surface area contributed by atoms with Gasteiger partial charge in [-0.25, -0.2) is 4.39 Å². The number of amides is 2. The van der Waals surface area contributed by atoms with Gasteiger partial charge in [-0.05, 0) is 34.5 Å². The van der Waals surface area contributed by atoms with E-state index in [4.69, 9.17) is 5.73 Å². The maximum atomic E-state index is 14.0. The number of carbonyl (C=O) groups excluding carboxylic acids is 2. The molecule has 0 unspecified atom stereocenters. The summed E-state index contributed by atoms with van der Waals surface area (Å²) < 4.78 is 14.3. The Morgan fingerprint density at radius 2 is 2.00 bits per heavy atom. The number of primary amides is 1. The van der Waals surface area contributed by atoms with Crippen molar-refractivity contribution >= 4 is 27.7 Å². The van der Waals surface area contributed by atoms with E-state index in [0.717, 1.165) is 6.42 Å². The Kier molecular flexibility index (Phi) is 5.30. The zero-order valence-electron chi connectivity index (χ0n) is 11.5. The molecule has 0 spiro atoms. The molecule has 1 fully saturated rings. The van der Waals surface area contributed by atoms with E-state index < -0.39 is 5.82 Å². The van der Waals surface area contributed by atoms with Gasteiger partial charge < -0.3 is 10.6 Å². The quantitative estimate of drug-likeness (QED) is 0.884. The van der Waals surface area contributed by atoms with Gasteiger partial charge in [0, 0.05) is 26.2 Å². The molecule has 0 saturated carbocycles. The molecule has 0 atom stereocenters. The molecule has 7 heteroatoms. The predicted molar refractivity (Wildman–Crippen MR) is 80.3 cm³/mol. The van der Waals surface area contributed by atoms with Gasteiger partial charge in [-0.15, -0.1) is 0 Å². The Balaban J connectivity index is 2.06. The normalized spacial score (nSPS) is 16.6. The van der Waals surface area contributed by atoms with Crippen molar-refractivity contribution in [3.05, 3.63) is 34.1 Å². The molecule has 0 bridgehead atoms. The van der Waals surface area contributed by atoms with Crippen LogP contribution in [0.1, 0.15) is 16.8 Å². The zero-order valence-corrected chi connectivity index (χ0v) is 13.1. The summed E-state index contributed by atoms with van der Waals surface area (Å²) in [5.41, 5.74) is 5.24. The number of carbonyl (C=O) groups is 2. The molecular weight excluding hydrogens is 341 g/mol. The van der Waals surface area contributed by atoms with E-state index in [1.807, 2.05) is 4.90 Å². The number of rotatable bonds is 3. The Morgan fingerprint density at radius 1 is 1.24 bits per heavy atom. The molecule has 1 aromatic rings. The van der Waals surface area contributed by atoms with Crippen molar-refractivity contribution in [1.29, 1.82) is 0 Å². The summed E-state index contributed by atoms with van der Waals surface area (Å²) >= 11 is 3.09. The van der Waals surface area contributed by atoms with Crippen molar-refractivity contribution in [2.75, 3.05) is 32.7 Å². The van der Waals surface area contributed by atoms with Gasteiger partial charge in [0.2, 0.25) is 5.91 Å². The SMILES string of the molecule is NC(=O)CN1CCCN(C(=O)c2cccc(Br)c2F)CC1. The van der Waals surface area contributed by atoms with Crippen LogP contribution in [-0.2, 0) is 4.79 Å². The Morgan fingerprint density at radius 3 is 2.71 bits per heavy atom. The predicted octanol–water partition coefficient (Wildman–Crippen LogP) is 1.22. The number of nitrogens with two attached hydrogens (primary N) is 1. The number of benzene rings is 1. The second-order valence-corrected chi connectivity index (χ2v) is 5.84. The van der Waals surface area contributed by atoms with Crippen LogP contribution in [0.3, 0.4) is 0 Å². The third-order valence-electron chi connectivity index (χ3n) is 3.44. The first-order chi connectivity index (χ1) is 9.99. The summed E-state index contributed by atoms with van der Waals surface area (Å²) in [6.45, 7) is 2.45. The van der Waals surface area contributed by atoms with Crippen LogP contribution in [-0.4, -0.2) is 54.3 Å². The van der Waals surface area contributed by atoms with E-state index in [1.165, 1.54) is 6.07 Å². The lowest BCUT2D eigenvalue weighted by molar-refractivity contribution is -0.119. The third kappa shape index (κ3) is 4.01. The zero-order chi connectivity index (χ0) is 15.4. The fourth-order valence-electron chi connectivity index (χ4n) is 2.39. The van der Waals surface area contributed by atoms with E-state index in [1.54, 1.807) is 17.0 Å². The minimum Gasteiger partial charge on any atom is -0.369 e. The van der Waals surface area contributed by atoms with Gasteiger partial charge in [-0.1, -0.05) is 6.07 Å². The fourth-order valence-corrected chi connectivity index (χ4v) is 2.76. The molecule has 2 amide bonds. The van der Waals surface area contributed by atoms with Gasteiger partial charge in [-0.2, -0.15) is 0 Å². The van der Waals surface area contributed by atoms with Gasteiger partial charge in [0.1, 0.15) is 5.82 Å². The Bertz CT molecular complexity index is 553. The minimum absolute atomic E-state index is 0.0627. The maximum Gasteiger partial charge on any atom is 0.256 e. The van der Waals surface area contributed by atoms with Crippen molar-refractivity contribution in [1.82, 2.24) is 9.80 Å². The Hall–Kier alpha value is -1.47. The van der Waals surface area contributed by atoms with E-state index in [9.17, 15) is 14.0 Å². The molecular formula is C14H17BrFN3O2. The second kappa shape index (κ2) is 7.00. The maximum absolute atomic E-state index is 14.0. The van der Waals surface area contributed by atoms with Gasteiger partial charge >= 0.3 is 0 Å². The van der Waals surface area contributed by atoms with Gasteiger partial charge in [-0.3, -0.25) is 14.5 Å². The largest absolute Gasteiger partial charge is 0.369 e. The van der Waals surface area contributed by atoms with Crippen molar-refractivity contribution < 1.29 is 14.0 Å². The van der Waals surface area contributed by atoms with Crippen LogP contribution in [0.25, 0.3) is 0 Å². The van der Waals surface area contributed by atoms with Crippen molar-refractivity contribution in [3.63, 3.8) is 0 Å². The van der Waals surface area contributed by atoms with E-state index >= 15 is 0 Å². The summed E-state index contributed by atoms with van der Waals surface area (Å²) in [7, 11) is 0. The minimum atomic E-state index is -0.541. The lowest BCUT2D eigenvalue weighted by Crippen LogP contribution is -2.38. The molecule has 1 aliphatic rings. The second-order valence-electron chi connectivity index (χ2n) is 4.99. The molecule has 5 nitrogen and oxygen atoms in total. The molecule has 114 valence electrons. The van der Waals surface area contributed by atoms with Crippen molar-refractivity contribution in [3.8, 4) is 0 Å². The third-order valence-corrected chi connectivity index (χ3v) is 4.05. The van der Waals surface area contributed by atoms with Gasteiger partial charge in [0.05, 0.1) is 16.6 Å². The first kappa shape index (κ1) is 15.9. The summed E-state index contributed by atoms with van der Waals surface area (Å²) in [5.74, 6) is -1.25. The number of hydrogen-bond acceptors (Lipinski definition) is 3. The molecule has 0 aliphatic carbocycles. The lowest BCUT2D eigenvalue weighted by atomic mass is 10.2. The van der Waals surface area contributed by atoms with Crippen molar-refractivity contribution in [2.45, 2.75) is 6.42 Å². The molecule has 0 aromatic heterocycles. The smallest absolute Gasteiger partial charge is 0.256 e. The molecule has 2 rings (SSSR count). The number of hydrogen-bond donors (Lipinski definition) is 1. The van der Waals surface area contributed by atoms with Crippen LogP contribution in [0.5, 0.6) is 0 Å². The van der Waals surface area contributed by atoms with Crippen LogP contribution in [0, 0.1) is 5.82 Å². The molecule has 1 heterocycles. The fraction of sp³-hybridized carbons (Fsp3) is 0.429. The molecule has 1 saturated heterocycles. The average molecular weight is 358 g/mol. The van der Waals surface area contributed by atoms with Crippen LogP contribution in [0.15, 0.2) is 22.7 Å². The molecule has 0 radical (unpaired) electrons. The highest BCUT2D eigenvalue weighted by Gasteiger charge is 2.23. The highest BCUT2D eigenvalue weighted by Crippen LogP contribution is 2.20. The van der Waals surface area contributed by atoms with Gasteiger partial charge in [0.15, 0.2) is 0 Å². The number of halogens is 2. The number of nitrogens with zero attached hydrogens (tertiary/aromatic N) is 2. The molecule has 2 N–H and O–H groups in total. The Labute approximate surface area is 131 Å². The summed E-state index contributed by atoms with van der Waals surface area (Å²) in [6, 6.07) is 4.68. The van der Waals surface area contributed by atoms with Crippen molar-refractivity contribution in [2.24, 2.45) is 5.73 Å². The standard InChI is InChI=1S/C14H17BrFN3O2/c15-11-4-1-3-10(13(11)16)14(21)19-6-2-5-18(7-8-19)9-12(17)20/h1,3-4H,2,5-9H2,(H2,17,20). The topological polar surface area (TPSA) is 66.6 Å². The highest BCUT2D eigenvalue weighted by molar-refractivity contribution is 9.10. The summed E-state index contributed by atoms with van der Waals surface area (Å²) in [4.78, 5) is 26.9.